The van der Waals surface area contributed by atoms with E-state index in [2.05, 4.69) is 25.7 Å². The van der Waals surface area contributed by atoms with Gasteiger partial charge in [-0.3, -0.25) is 4.79 Å². The molecule has 0 unspecified atom stereocenters. The van der Waals surface area contributed by atoms with Crippen LogP contribution in [0.25, 0.3) is 11.4 Å². The van der Waals surface area contributed by atoms with Gasteiger partial charge in [0, 0.05) is 29.4 Å². The Labute approximate surface area is 148 Å². The lowest BCUT2D eigenvalue weighted by Gasteiger charge is -2.05. The molecule has 2 aromatic heterocycles. The van der Waals surface area contributed by atoms with Crippen LogP contribution < -0.4 is 10.1 Å². The molecule has 0 fully saturated rings. The number of hydrogen-bond acceptors (Lipinski definition) is 6. The second-order valence-corrected chi connectivity index (χ2v) is 5.57. The maximum absolute atomic E-state index is 12.0. The summed E-state index contributed by atoms with van der Waals surface area (Å²) in [7, 11) is 1.54. The molecular weight excluding hydrogens is 344 g/mol. The van der Waals surface area contributed by atoms with Crippen molar-refractivity contribution in [1.82, 2.24) is 30.5 Å². The van der Waals surface area contributed by atoms with Gasteiger partial charge in [-0.1, -0.05) is 11.6 Å². The van der Waals surface area contributed by atoms with Gasteiger partial charge in [-0.2, -0.15) is 4.80 Å². The van der Waals surface area contributed by atoms with Crippen molar-refractivity contribution in [3.63, 3.8) is 0 Å². The van der Waals surface area contributed by atoms with Crippen LogP contribution in [0.1, 0.15) is 5.56 Å². The molecule has 25 heavy (non-hydrogen) atoms. The van der Waals surface area contributed by atoms with Crippen LogP contribution >= 0.6 is 11.6 Å². The summed E-state index contributed by atoms with van der Waals surface area (Å²) < 4.78 is 5.04. The lowest BCUT2D eigenvalue weighted by atomic mass is 10.2. The standard InChI is InChI=1S/C16H15ClN6O2/c1-25-15-8-11(6-7-18-15)9-19-14(24)10-23-21-16(20-22-23)12-2-4-13(17)5-3-12/h2-8H,9-10H2,1H3,(H,19,24). The van der Waals surface area contributed by atoms with E-state index >= 15 is 0 Å². The number of ether oxygens (including phenoxy) is 1. The third kappa shape index (κ3) is 4.51. The monoisotopic (exact) mass is 358 g/mol. The van der Waals surface area contributed by atoms with E-state index in [0.717, 1.165) is 11.1 Å². The fourth-order valence-corrected chi connectivity index (χ4v) is 2.21. The summed E-state index contributed by atoms with van der Waals surface area (Å²) in [5, 5.41) is 15.4. The Hall–Kier alpha value is -3.00. The molecule has 0 bridgehead atoms. The number of amides is 1. The Morgan fingerprint density at radius 2 is 2.08 bits per heavy atom. The molecule has 0 saturated carbocycles. The van der Waals surface area contributed by atoms with Gasteiger partial charge in [0.05, 0.1) is 7.11 Å². The van der Waals surface area contributed by atoms with Gasteiger partial charge in [-0.25, -0.2) is 4.98 Å². The van der Waals surface area contributed by atoms with E-state index in [4.69, 9.17) is 16.3 Å². The van der Waals surface area contributed by atoms with Crippen molar-refractivity contribution in [1.29, 1.82) is 0 Å². The Balaban J connectivity index is 1.57. The number of hydrogen-bond donors (Lipinski definition) is 1. The number of benzene rings is 1. The lowest BCUT2D eigenvalue weighted by molar-refractivity contribution is -0.122. The smallest absolute Gasteiger partial charge is 0.243 e. The van der Waals surface area contributed by atoms with Crippen molar-refractivity contribution in [2.45, 2.75) is 13.1 Å². The highest BCUT2D eigenvalue weighted by Crippen LogP contribution is 2.16. The van der Waals surface area contributed by atoms with E-state index in [1.165, 1.54) is 4.80 Å². The number of aromatic nitrogens is 5. The molecule has 1 aromatic carbocycles. The summed E-state index contributed by atoms with van der Waals surface area (Å²) in [6, 6.07) is 10.6. The van der Waals surface area contributed by atoms with E-state index in [-0.39, 0.29) is 12.5 Å². The highest BCUT2D eigenvalue weighted by atomic mass is 35.5. The Morgan fingerprint density at radius 3 is 2.84 bits per heavy atom. The van der Waals surface area contributed by atoms with Crippen molar-refractivity contribution in [2.24, 2.45) is 0 Å². The largest absolute Gasteiger partial charge is 0.481 e. The molecule has 2 heterocycles. The molecule has 3 aromatic rings. The number of halogens is 1. The third-order valence-electron chi connectivity index (χ3n) is 3.34. The fraction of sp³-hybridized carbons (Fsp3) is 0.188. The van der Waals surface area contributed by atoms with E-state index in [1.54, 1.807) is 49.7 Å². The maximum atomic E-state index is 12.0. The minimum Gasteiger partial charge on any atom is -0.481 e. The first-order valence-corrected chi connectivity index (χ1v) is 7.81. The minimum atomic E-state index is -0.226. The predicted molar refractivity (Wildman–Crippen MR) is 90.9 cm³/mol. The molecule has 1 N–H and O–H groups in total. The van der Waals surface area contributed by atoms with Crippen LogP contribution in [0.3, 0.4) is 0 Å². The van der Waals surface area contributed by atoms with Gasteiger partial charge in [0.25, 0.3) is 0 Å². The van der Waals surface area contributed by atoms with Crippen molar-refractivity contribution in [3.05, 3.63) is 53.2 Å². The van der Waals surface area contributed by atoms with Gasteiger partial charge in [-0.15, -0.1) is 10.2 Å². The molecule has 0 spiro atoms. The number of pyridine rings is 1. The van der Waals surface area contributed by atoms with Gasteiger partial charge in [-0.05, 0) is 41.1 Å². The summed E-state index contributed by atoms with van der Waals surface area (Å²) in [6.07, 6.45) is 1.62. The lowest BCUT2D eigenvalue weighted by Crippen LogP contribution is -2.28. The van der Waals surface area contributed by atoms with E-state index in [9.17, 15) is 4.79 Å². The van der Waals surface area contributed by atoms with Gasteiger partial charge < -0.3 is 10.1 Å². The van der Waals surface area contributed by atoms with Crippen molar-refractivity contribution in [3.8, 4) is 17.3 Å². The molecular formula is C16H15ClN6O2. The van der Waals surface area contributed by atoms with Crippen LogP contribution in [0.4, 0.5) is 0 Å². The molecule has 1 amide bonds. The average Bonchev–Trinajstić information content (AvgIpc) is 3.09. The first-order valence-electron chi connectivity index (χ1n) is 7.43. The van der Waals surface area contributed by atoms with Crippen molar-refractivity contribution in [2.75, 3.05) is 7.11 Å². The second kappa shape index (κ2) is 7.71. The summed E-state index contributed by atoms with van der Waals surface area (Å²) in [4.78, 5) is 17.3. The van der Waals surface area contributed by atoms with Gasteiger partial charge in [0.15, 0.2) is 0 Å². The van der Waals surface area contributed by atoms with Crippen molar-refractivity contribution >= 4 is 17.5 Å². The number of methoxy groups -OCH3 is 1. The summed E-state index contributed by atoms with van der Waals surface area (Å²) in [5.74, 6) is 0.705. The molecule has 0 aliphatic rings. The summed E-state index contributed by atoms with van der Waals surface area (Å²) in [5.41, 5.74) is 1.66. The Morgan fingerprint density at radius 1 is 1.28 bits per heavy atom. The van der Waals surface area contributed by atoms with E-state index < -0.39 is 0 Å². The predicted octanol–water partition coefficient (Wildman–Crippen LogP) is 1.71. The van der Waals surface area contributed by atoms with Crippen LogP contribution in [-0.4, -0.2) is 38.2 Å². The highest BCUT2D eigenvalue weighted by molar-refractivity contribution is 6.30. The number of carbonyl (C=O) groups is 1. The van der Waals surface area contributed by atoms with Gasteiger partial charge in [0.1, 0.15) is 6.54 Å². The number of rotatable bonds is 6. The zero-order chi connectivity index (χ0) is 17.6. The third-order valence-corrected chi connectivity index (χ3v) is 3.59. The molecule has 3 rings (SSSR count). The average molecular weight is 359 g/mol. The van der Waals surface area contributed by atoms with E-state index in [1.807, 2.05) is 0 Å². The second-order valence-electron chi connectivity index (χ2n) is 5.13. The molecule has 128 valence electrons. The Kier molecular flexibility index (Phi) is 5.20. The zero-order valence-electron chi connectivity index (χ0n) is 13.4. The maximum Gasteiger partial charge on any atom is 0.243 e. The highest BCUT2D eigenvalue weighted by Gasteiger charge is 2.09. The van der Waals surface area contributed by atoms with Crippen molar-refractivity contribution < 1.29 is 9.53 Å². The van der Waals surface area contributed by atoms with E-state index in [0.29, 0.717) is 23.3 Å². The molecule has 0 atom stereocenters. The normalized spacial score (nSPS) is 10.5. The number of tetrazole rings is 1. The first kappa shape index (κ1) is 16.8. The number of carbonyl (C=O) groups excluding carboxylic acids is 1. The number of nitrogens with zero attached hydrogens (tertiary/aromatic N) is 5. The zero-order valence-corrected chi connectivity index (χ0v) is 14.1. The molecule has 0 saturated heterocycles. The van der Waals surface area contributed by atoms with Crippen LogP contribution in [0, 0.1) is 0 Å². The fourth-order valence-electron chi connectivity index (χ4n) is 2.08. The summed E-state index contributed by atoms with van der Waals surface area (Å²) >= 11 is 5.85. The SMILES string of the molecule is COc1cc(CNC(=O)Cn2nnc(-c3ccc(Cl)cc3)n2)ccn1. The molecule has 0 radical (unpaired) electrons. The molecule has 0 aliphatic heterocycles. The first-order chi connectivity index (χ1) is 12.1. The van der Waals surface area contributed by atoms with Crippen LogP contribution in [0.5, 0.6) is 5.88 Å². The molecule has 9 heteroatoms. The van der Waals surface area contributed by atoms with Gasteiger partial charge >= 0.3 is 0 Å². The minimum absolute atomic E-state index is 0.0250. The van der Waals surface area contributed by atoms with Crippen LogP contribution in [-0.2, 0) is 17.9 Å². The quantitative estimate of drug-likeness (QED) is 0.720. The van der Waals surface area contributed by atoms with Crippen LogP contribution in [0.2, 0.25) is 5.02 Å². The topological polar surface area (TPSA) is 94.8 Å². The summed E-state index contributed by atoms with van der Waals surface area (Å²) in [6.45, 7) is 0.333. The molecule has 0 aliphatic carbocycles. The molecule has 8 nitrogen and oxygen atoms in total. The number of nitrogens with one attached hydrogen (secondary N) is 1. The van der Waals surface area contributed by atoms with Crippen LogP contribution in [0.15, 0.2) is 42.6 Å². The van der Waals surface area contributed by atoms with Gasteiger partial charge in [0.2, 0.25) is 17.6 Å². The Bertz CT molecular complexity index is 865.